The van der Waals surface area contributed by atoms with Crippen LogP contribution in [0.15, 0.2) is 82.9 Å². The molecule has 0 saturated heterocycles. The molecule has 2 heterocycles. The zero-order valence-corrected chi connectivity index (χ0v) is 19.0. The van der Waals surface area contributed by atoms with Gasteiger partial charge in [0.1, 0.15) is 17.2 Å². The van der Waals surface area contributed by atoms with E-state index in [9.17, 15) is 4.79 Å². The summed E-state index contributed by atoms with van der Waals surface area (Å²) < 4.78 is 11.0. The number of nitrogens with one attached hydrogen (secondary N) is 1. The third-order valence-corrected chi connectivity index (χ3v) is 6.39. The molecule has 7 nitrogen and oxygen atoms in total. The average Bonchev–Trinajstić information content (AvgIpc) is 2.87. The minimum absolute atomic E-state index is 0.208. The summed E-state index contributed by atoms with van der Waals surface area (Å²) in [7, 11) is 3.21. The highest BCUT2D eigenvalue weighted by atomic mass is 32.2. The summed E-state index contributed by atoms with van der Waals surface area (Å²) in [6, 6.07) is 23.2. The number of rotatable bonds is 5. The fourth-order valence-electron chi connectivity index (χ4n) is 3.85. The molecule has 2 aliphatic heterocycles. The Labute approximate surface area is 195 Å². The molecule has 0 aromatic heterocycles. The standard InChI is InChI=1S/C25H22N4O3S/c1-31-17-12-13-19(21(14-17)32-2)23-26-20-11-7-6-10-18(20)22-24(30)27-25(28-29(22)23)33-15-16-8-4-3-5-9-16/h3-14,23H,15H2,1-2H3,(H,27,28,30)/t23-/m1/s1. The molecular formula is C25H22N4O3S. The van der Waals surface area contributed by atoms with Crippen LogP contribution in [0.4, 0.5) is 0 Å². The molecule has 0 saturated carbocycles. The van der Waals surface area contributed by atoms with E-state index in [2.05, 4.69) is 5.32 Å². The molecule has 0 radical (unpaired) electrons. The van der Waals surface area contributed by atoms with E-state index in [-0.39, 0.29) is 5.91 Å². The van der Waals surface area contributed by atoms with Crippen LogP contribution in [-0.4, -0.2) is 30.3 Å². The second-order valence-electron chi connectivity index (χ2n) is 7.45. The Bertz CT molecular complexity index is 1360. The Hall–Kier alpha value is -3.78. The first-order valence-electron chi connectivity index (χ1n) is 10.4. The lowest BCUT2D eigenvalue weighted by Gasteiger charge is -2.34. The van der Waals surface area contributed by atoms with Crippen LogP contribution in [0.25, 0.3) is 5.70 Å². The molecule has 0 bridgehead atoms. The van der Waals surface area contributed by atoms with Crippen molar-refractivity contribution < 1.29 is 14.3 Å². The summed E-state index contributed by atoms with van der Waals surface area (Å²) in [5.74, 6) is 1.77. The van der Waals surface area contributed by atoms with Crippen molar-refractivity contribution in [3.63, 3.8) is 0 Å². The fraction of sp³-hybridized carbons (Fsp3) is 0.160. The van der Waals surface area contributed by atoms with Crippen LogP contribution in [0.3, 0.4) is 0 Å². The van der Waals surface area contributed by atoms with Crippen LogP contribution < -0.4 is 25.4 Å². The van der Waals surface area contributed by atoms with Crippen LogP contribution in [-0.2, 0) is 10.5 Å². The molecule has 1 amide bonds. The van der Waals surface area contributed by atoms with E-state index in [4.69, 9.17) is 19.6 Å². The summed E-state index contributed by atoms with van der Waals surface area (Å²) in [4.78, 5) is 18.2. The van der Waals surface area contributed by atoms with Gasteiger partial charge in [-0.15, -0.1) is 5.10 Å². The van der Waals surface area contributed by atoms with E-state index >= 15 is 0 Å². The number of fused-ring (bicyclic) bond motifs is 2. The van der Waals surface area contributed by atoms with Crippen LogP contribution in [0.5, 0.6) is 11.5 Å². The molecule has 3 aromatic rings. The van der Waals surface area contributed by atoms with Gasteiger partial charge in [-0.05, 0) is 23.8 Å². The number of carbonyl (C=O) groups excluding carboxylic acids is 1. The summed E-state index contributed by atoms with van der Waals surface area (Å²) in [6.45, 7) is 0. The lowest BCUT2D eigenvalue weighted by Crippen LogP contribution is -2.50. The van der Waals surface area contributed by atoms with Gasteiger partial charge in [-0.1, -0.05) is 60.3 Å². The van der Waals surface area contributed by atoms with Gasteiger partial charge < -0.3 is 9.47 Å². The largest absolute Gasteiger partial charge is 0.497 e. The van der Waals surface area contributed by atoms with Crippen LogP contribution in [0, 0.1) is 0 Å². The van der Waals surface area contributed by atoms with Gasteiger partial charge in [0.2, 0.25) is 0 Å². The van der Waals surface area contributed by atoms with Gasteiger partial charge >= 0.3 is 0 Å². The molecule has 0 unspecified atom stereocenters. The van der Waals surface area contributed by atoms with Gasteiger partial charge in [0.15, 0.2) is 11.3 Å². The van der Waals surface area contributed by atoms with Crippen molar-refractivity contribution in [3.05, 3.63) is 94.5 Å². The van der Waals surface area contributed by atoms with Crippen molar-refractivity contribution >= 4 is 28.5 Å². The van der Waals surface area contributed by atoms with E-state index in [0.29, 0.717) is 28.1 Å². The number of methoxy groups -OCH3 is 2. The number of carbonyl (C=O) groups is 1. The van der Waals surface area contributed by atoms with Gasteiger partial charge in [0.05, 0.1) is 19.6 Å². The van der Waals surface area contributed by atoms with Crippen molar-refractivity contribution in [2.45, 2.75) is 11.9 Å². The second-order valence-corrected chi connectivity index (χ2v) is 8.42. The second kappa shape index (κ2) is 8.99. The smallest absolute Gasteiger partial charge is 0.276 e. The van der Waals surface area contributed by atoms with Crippen LogP contribution in [0.1, 0.15) is 17.3 Å². The van der Waals surface area contributed by atoms with Gasteiger partial charge in [-0.2, -0.15) is 0 Å². The number of ether oxygens (including phenoxy) is 2. The number of para-hydroxylation sites is 1. The maximum absolute atomic E-state index is 13.3. The lowest BCUT2D eigenvalue weighted by molar-refractivity contribution is -0.116. The molecular weight excluding hydrogens is 436 g/mol. The Morgan fingerprint density at radius 1 is 1.00 bits per heavy atom. The average molecular weight is 459 g/mol. The molecule has 8 heteroatoms. The quantitative estimate of drug-likeness (QED) is 0.636. The molecule has 0 aliphatic carbocycles. The molecule has 1 atom stereocenters. The molecule has 2 aliphatic rings. The molecule has 166 valence electrons. The summed E-state index contributed by atoms with van der Waals surface area (Å²) in [6.07, 6.45) is -0.561. The highest BCUT2D eigenvalue weighted by Gasteiger charge is 2.35. The highest BCUT2D eigenvalue weighted by Crippen LogP contribution is 2.37. The molecule has 33 heavy (non-hydrogen) atoms. The number of thioether (sulfide) groups is 1. The number of hydrogen-bond donors (Lipinski definition) is 1. The molecule has 5 rings (SSSR count). The molecule has 0 fully saturated rings. The molecule has 1 N–H and O–H groups in total. The number of amides is 1. The van der Waals surface area contributed by atoms with Crippen molar-refractivity contribution in [1.29, 1.82) is 0 Å². The van der Waals surface area contributed by atoms with Crippen molar-refractivity contribution in [3.8, 4) is 11.5 Å². The first-order chi connectivity index (χ1) is 16.2. The topological polar surface area (TPSA) is 75.5 Å². The normalized spacial score (nSPS) is 16.7. The molecule has 0 spiro atoms. The Balaban J connectivity index is 1.60. The van der Waals surface area contributed by atoms with Gasteiger partial charge in [0, 0.05) is 22.6 Å². The van der Waals surface area contributed by atoms with Crippen LogP contribution >= 0.6 is 11.8 Å². The number of hydrazone groups is 1. The minimum atomic E-state index is -0.561. The SMILES string of the molecule is COc1ccc([C@@H]2N=c3ccccc3=C3C(=O)NC(SCc4ccccc4)=NN32)c(OC)c1. The predicted octanol–water partition coefficient (Wildman–Crippen LogP) is 2.78. The van der Waals surface area contributed by atoms with Crippen molar-refractivity contribution in [2.75, 3.05) is 14.2 Å². The van der Waals surface area contributed by atoms with E-state index in [1.165, 1.54) is 11.8 Å². The van der Waals surface area contributed by atoms with E-state index in [1.54, 1.807) is 19.2 Å². The first-order valence-corrected chi connectivity index (χ1v) is 11.4. The summed E-state index contributed by atoms with van der Waals surface area (Å²) in [5.41, 5.74) is 2.40. The Morgan fingerprint density at radius 3 is 2.58 bits per heavy atom. The third kappa shape index (κ3) is 4.05. The van der Waals surface area contributed by atoms with Crippen LogP contribution in [0.2, 0.25) is 0 Å². The van der Waals surface area contributed by atoms with Gasteiger partial charge in [-0.3, -0.25) is 15.1 Å². The lowest BCUT2D eigenvalue weighted by atomic mass is 10.1. The van der Waals surface area contributed by atoms with Crippen molar-refractivity contribution in [1.82, 2.24) is 10.3 Å². The Morgan fingerprint density at radius 2 is 1.79 bits per heavy atom. The maximum atomic E-state index is 13.3. The minimum Gasteiger partial charge on any atom is -0.497 e. The monoisotopic (exact) mass is 458 g/mol. The maximum Gasteiger partial charge on any atom is 0.276 e. The number of nitrogens with zero attached hydrogens (tertiary/aromatic N) is 3. The van der Waals surface area contributed by atoms with E-state index in [0.717, 1.165) is 21.7 Å². The zero-order chi connectivity index (χ0) is 22.8. The fourth-order valence-corrected chi connectivity index (χ4v) is 4.66. The molecule has 3 aromatic carbocycles. The Kier molecular flexibility index (Phi) is 5.75. The third-order valence-electron chi connectivity index (χ3n) is 5.45. The summed E-state index contributed by atoms with van der Waals surface area (Å²) >= 11 is 1.47. The predicted molar refractivity (Wildman–Crippen MR) is 128 cm³/mol. The van der Waals surface area contributed by atoms with Gasteiger partial charge in [0.25, 0.3) is 5.91 Å². The number of amidine groups is 1. The highest BCUT2D eigenvalue weighted by molar-refractivity contribution is 8.13. The van der Waals surface area contributed by atoms with E-state index < -0.39 is 6.17 Å². The van der Waals surface area contributed by atoms with Crippen molar-refractivity contribution in [2.24, 2.45) is 10.1 Å². The zero-order valence-electron chi connectivity index (χ0n) is 18.2. The van der Waals surface area contributed by atoms with Gasteiger partial charge in [-0.25, -0.2) is 5.01 Å². The summed E-state index contributed by atoms with van der Waals surface area (Å²) in [5, 5.41) is 11.5. The number of benzene rings is 3. The first kappa shape index (κ1) is 21.1. The number of hydrogen-bond acceptors (Lipinski definition) is 7. The van der Waals surface area contributed by atoms with E-state index in [1.807, 2.05) is 72.8 Å².